The van der Waals surface area contributed by atoms with Crippen LogP contribution in [-0.2, 0) is 0 Å². The van der Waals surface area contributed by atoms with Gasteiger partial charge in [-0.1, -0.05) is 26.0 Å². The van der Waals surface area contributed by atoms with Gasteiger partial charge < -0.3 is 5.32 Å². The van der Waals surface area contributed by atoms with Gasteiger partial charge in [-0.3, -0.25) is 0 Å². The first kappa shape index (κ1) is 10.8. The molecule has 0 atom stereocenters. The molecule has 0 aromatic carbocycles. The first-order valence-corrected chi connectivity index (χ1v) is 5.37. The van der Waals surface area contributed by atoms with Gasteiger partial charge in [0.1, 0.15) is 0 Å². The van der Waals surface area contributed by atoms with Gasteiger partial charge in [0.2, 0.25) is 0 Å². The Hall–Kier alpha value is -0.300. The van der Waals surface area contributed by atoms with Crippen LogP contribution in [0.3, 0.4) is 0 Å². The predicted molar refractivity (Wildman–Crippen MR) is 58.9 cm³/mol. The maximum absolute atomic E-state index is 3.91. The normalized spacial score (nSPS) is 23.0. The van der Waals surface area contributed by atoms with E-state index in [1.807, 2.05) is 0 Å². The molecule has 76 valence electrons. The molecule has 0 amide bonds. The average molecular weight is 181 g/mol. The van der Waals surface area contributed by atoms with Crippen LogP contribution in [0.25, 0.3) is 0 Å². The Morgan fingerprint density at radius 2 is 1.92 bits per heavy atom. The van der Waals surface area contributed by atoms with Crippen LogP contribution in [0.2, 0.25) is 0 Å². The Labute approximate surface area is 82.6 Å². The van der Waals surface area contributed by atoms with E-state index in [0.717, 1.165) is 12.6 Å². The first-order valence-electron chi connectivity index (χ1n) is 5.37. The Balaban J connectivity index is 2.21. The summed E-state index contributed by atoms with van der Waals surface area (Å²) >= 11 is 0. The summed E-state index contributed by atoms with van der Waals surface area (Å²) < 4.78 is 0. The number of rotatable bonds is 3. The van der Waals surface area contributed by atoms with Crippen molar-refractivity contribution in [3.63, 3.8) is 0 Å². The van der Waals surface area contributed by atoms with E-state index in [9.17, 15) is 0 Å². The highest BCUT2D eigenvalue weighted by Gasteiger charge is 2.26. The fourth-order valence-electron chi connectivity index (χ4n) is 1.92. The Morgan fingerprint density at radius 1 is 1.38 bits per heavy atom. The van der Waals surface area contributed by atoms with Crippen LogP contribution < -0.4 is 5.32 Å². The van der Waals surface area contributed by atoms with Crippen LogP contribution in [0.5, 0.6) is 0 Å². The van der Waals surface area contributed by atoms with Crippen molar-refractivity contribution in [2.75, 3.05) is 6.54 Å². The van der Waals surface area contributed by atoms with Gasteiger partial charge in [-0.25, -0.2) is 0 Å². The molecule has 13 heavy (non-hydrogen) atoms. The third-order valence-corrected chi connectivity index (χ3v) is 3.03. The Kier molecular flexibility index (Phi) is 3.55. The minimum atomic E-state index is 0.585. The minimum Gasteiger partial charge on any atom is -0.310 e. The lowest BCUT2D eigenvalue weighted by molar-refractivity contribution is 0.209. The van der Waals surface area contributed by atoms with E-state index in [2.05, 4.69) is 32.7 Å². The van der Waals surface area contributed by atoms with Gasteiger partial charge in [0, 0.05) is 12.6 Å². The maximum Gasteiger partial charge on any atom is 0.0161 e. The number of nitrogens with one attached hydrogen (secondary N) is 1. The molecule has 0 aromatic heterocycles. The maximum atomic E-state index is 3.91. The molecule has 0 saturated heterocycles. The molecule has 1 rings (SSSR count). The summed E-state index contributed by atoms with van der Waals surface area (Å²) in [6, 6.07) is 0.740. The van der Waals surface area contributed by atoms with Crippen LogP contribution in [-0.4, -0.2) is 12.6 Å². The fourth-order valence-corrected chi connectivity index (χ4v) is 1.92. The number of hydrogen-bond donors (Lipinski definition) is 1. The van der Waals surface area contributed by atoms with E-state index >= 15 is 0 Å². The van der Waals surface area contributed by atoms with Crippen molar-refractivity contribution in [3.8, 4) is 0 Å². The Morgan fingerprint density at radius 3 is 2.38 bits per heavy atom. The molecular formula is C12H23N. The largest absolute Gasteiger partial charge is 0.310 e. The zero-order chi connectivity index (χ0) is 9.90. The molecule has 0 heterocycles. The molecule has 1 aliphatic rings. The van der Waals surface area contributed by atoms with Gasteiger partial charge >= 0.3 is 0 Å². The zero-order valence-corrected chi connectivity index (χ0v) is 9.32. The summed E-state index contributed by atoms with van der Waals surface area (Å²) in [5.41, 5.74) is 1.83. The van der Waals surface area contributed by atoms with Crippen LogP contribution >= 0.6 is 0 Å². The van der Waals surface area contributed by atoms with Gasteiger partial charge in [-0.05, 0) is 38.0 Å². The van der Waals surface area contributed by atoms with Gasteiger partial charge in [0.05, 0.1) is 0 Å². The summed E-state index contributed by atoms with van der Waals surface area (Å²) in [5.74, 6) is 0. The van der Waals surface area contributed by atoms with Crippen LogP contribution in [0.1, 0.15) is 46.5 Å². The monoisotopic (exact) mass is 181 g/mol. The fraction of sp³-hybridized carbons (Fsp3) is 0.833. The molecule has 1 heteroatoms. The average Bonchev–Trinajstić information content (AvgIpc) is 2.02. The van der Waals surface area contributed by atoms with Crippen molar-refractivity contribution >= 4 is 0 Å². The molecule has 0 radical (unpaired) electrons. The van der Waals surface area contributed by atoms with Gasteiger partial charge in [-0.2, -0.15) is 0 Å². The van der Waals surface area contributed by atoms with Gasteiger partial charge in [0.25, 0.3) is 0 Å². The molecule has 0 unspecified atom stereocenters. The highest BCUT2D eigenvalue weighted by atomic mass is 14.9. The van der Waals surface area contributed by atoms with Crippen molar-refractivity contribution in [1.82, 2.24) is 5.32 Å². The highest BCUT2D eigenvalue weighted by molar-refractivity contribution is 4.93. The molecule has 0 spiro atoms. The molecule has 1 nitrogen and oxygen atoms in total. The summed E-state index contributed by atoms with van der Waals surface area (Å²) in [4.78, 5) is 0. The molecule has 0 aromatic rings. The van der Waals surface area contributed by atoms with E-state index in [4.69, 9.17) is 0 Å². The zero-order valence-electron chi connectivity index (χ0n) is 9.32. The highest BCUT2D eigenvalue weighted by Crippen LogP contribution is 2.34. The van der Waals surface area contributed by atoms with E-state index in [0.29, 0.717) is 5.41 Å². The summed E-state index contributed by atoms with van der Waals surface area (Å²) in [6.07, 6.45) is 5.39. The second kappa shape index (κ2) is 4.28. The topological polar surface area (TPSA) is 12.0 Å². The summed E-state index contributed by atoms with van der Waals surface area (Å²) in [5, 5.41) is 3.56. The van der Waals surface area contributed by atoms with E-state index in [1.54, 1.807) is 0 Å². The van der Waals surface area contributed by atoms with Crippen LogP contribution in [0.15, 0.2) is 12.2 Å². The summed E-state index contributed by atoms with van der Waals surface area (Å²) in [6.45, 7) is 11.7. The van der Waals surface area contributed by atoms with E-state index in [-0.39, 0.29) is 0 Å². The molecule has 1 N–H and O–H groups in total. The molecule has 1 fully saturated rings. The lowest BCUT2D eigenvalue weighted by Crippen LogP contribution is -2.36. The SMILES string of the molecule is C=C(C)CNC1CCC(C)(C)CC1. The van der Waals surface area contributed by atoms with E-state index in [1.165, 1.54) is 31.3 Å². The molecule has 0 aliphatic heterocycles. The van der Waals surface area contributed by atoms with Crippen LogP contribution in [0, 0.1) is 5.41 Å². The van der Waals surface area contributed by atoms with Crippen LogP contribution in [0.4, 0.5) is 0 Å². The minimum absolute atomic E-state index is 0.585. The van der Waals surface area contributed by atoms with Crippen molar-refractivity contribution in [2.45, 2.75) is 52.5 Å². The lowest BCUT2D eigenvalue weighted by Gasteiger charge is -2.34. The van der Waals surface area contributed by atoms with E-state index < -0.39 is 0 Å². The van der Waals surface area contributed by atoms with Gasteiger partial charge in [0.15, 0.2) is 0 Å². The molecule has 1 aliphatic carbocycles. The first-order chi connectivity index (χ1) is 5.99. The van der Waals surface area contributed by atoms with Crippen molar-refractivity contribution in [3.05, 3.63) is 12.2 Å². The standard InChI is InChI=1S/C12H23N/c1-10(2)9-13-11-5-7-12(3,4)8-6-11/h11,13H,1,5-9H2,2-4H3. The van der Waals surface area contributed by atoms with Crippen molar-refractivity contribution in [1.29, 1.82) is 0 Å². The smallest absolute Gasteiger partial charge is 0.0161 e. The third-order valence-electron chi connectivity index (χ3n) is 3.03. The lowest BCUT2D eigenvalue weighted by atomic mass is 9.75. The molecular weight excluding hydrogens is 158 g/mol. The Bertz CT molecular complexity index is 172. The van der Waals surface area contributed by atoms with Crippen molar-refractivity contribution < 1.29 is 0 Å². The number of hydrogen-bond acceptors (Lipinski definition) is 1. The third kappa shape index (κ3) is 3.95. The molecule has 0 bridgehead atoms. The van der Waals surface area contributed by atoms with Crippen molar-refractivity contribution in [2.24, 2.45) is 5.41 Å². The summed E-state index contributed by atoms with van der Waals surface area (Å²) in [7, 11) is 0. The molecule has 1 saturated carbocycles. The van der Waals surface area contributed by atoms with Gasteiger partial charge in [-0.15, -0.1) is 0 Å². The predicted octanol–water partition coefficient (Wildman–Crippen LogP) is 3.12. The second-order valence-electron chi connectivity index (χ2n) is 5.28. The quantitative estimate of drug-likeness (QED) is 0.660. The second-order valence-corrected chi connectivity index (χ2v) is 5.28.